The van der Waals surface area contributed by atoms with Crippen molar-refractivity contribution in [1.29, 1.82) is 0 Å². The Hall–Kier alpha value is -0.360. The highest BCUT2D eigenvalue weighted by Gasteiger charge is 2.15. The minimum Gasteiger partial charge on any atom is -0.479 e. The molecule has 0 spiro atoms. The molecule has 10 heavy (non-hydrogen) atoms. The summed E-state index contributed by atoms with van der Waals surface area (Å²) in [4.78, 5) is 14.1. The minimum absolute atomic E-state index is 0. The van der Waals surface area contributed by atoms with Crippen LogP contribution in [0.3, 0.4) is 0 Å². The maximum Gasteiger partial charge on any atom is 0.337 e. The summed E-state index contributed by atoms with van der Waals surface area (Å²) in [6, 6.07) is 0. The number of carbonyl (C=O) groups is 1. The van der Waals surface area contributed by atoms with Crippen LogP contribution in [0.1, 0.15) is 0 Å². The molecule has 6 heteroatoms. The number of ether oxygens (including phenoxy) is 1. The molecular weight excluding hydrogens is 162 g/mol. The van der Waals surface area contributed by atoms with Crippen molar-refractivity contribution in [2.45, 2.75) is 6.10 Å². The molecule has 0 saturated carbocycles. The molecule has 0 aromatic heterocycles. The van der Waals surface area contributed by atoms with Crippen molar-refractivity contribution in [1.82, 2.24) is 0 Å². The summed E-state index contributed by atoms with van der Waals surface area (Å²) in [7, 11) is 1.37. The fourth-order valence-corrected chi connectivity index (χ4v) is 0.320. The predicted molar refractivity (Wildman–Crippen MR) is 35.8 cm³/mol. The molecule has 0 bridgehead atoms. The number of carboxylic acid groups (broad SMARTS) is 1. The smallest absolute Gasteiger partial charge is 0.337 e. The highest BCUT2D eigenvalue weighted by molar-refractivity contribution is 5.85. The van der Waals surface area contributed by atoms with Crippen LogP contribution in [0.2, 0.25) is 0 Å². The van der Waals surface area contributed by atoms with E-state index in [2.05, 4.69) is 15.5 Å². The lowest BCUT2D eigenvalue weighted by Gasteiger charge is -2.06. The molecule has 0 aliphatic rings. The Bertz CT molecular complexity index is 99.3. The van der Waals surface area contributed by atoms with E-state index in [9.17, 15) is 4.79 Å². The summed E-state index contributed by atoms with van der Waals surface area (Å²) < 4.78 is 4.47. The number of aliphatic carboxylic acids is 1. The van der Waals surface area contributed by atoms with Gasteiger partial charge in [-0.3, -0.25) is 4.84 Å². The molecule has 0 aromatic rings. The molecule has 0 aromatic carbocycles. The highest BCUT2D eigenvalue weighted by Crippen LogP contribution is 1.86. The van der Waals surface area contributed by atoms with Crippen LogP contribution in [-0.2, 0) is 14.4 Å². The second kappa shape index (κ2) is 6.76. The van der Waals surface area contributed by atoms with E-state index in [1.54, 1.807) is 0 Å². The second-order valence-corrected chi connectivity index (χ2v) is 1.42. The third-order valence-electron chi connectivity index (χ3n) is 0.758. The molecule has 0 aliphatic heterocycles. The number of hydrogen-bond acceptors (Lipinski definition) is 4. The number of hydrogen-bond donors (Lipinski definition) is 2. The van der Waals surface area contributed by atoms with E-state index in [4.69, 9.17) is 5.11 Å². The van der Waals surface area contributed by atoms with Crippen molar-refractivity contribution in [3.8, 4) is 0 Å². The van der Waals surface area contributed by atoms with E-state index in [-0.39, 0.29) is 19.0 Å². The zero-order valence-corrected chi connectivity index (χ0v) is 6.26. The van der Waals surface area contributed by atoms with E-state index in [1.165, 1.54) is 7.11 Å². The summed E-state index contributed by atoms with van der Waals surface area (Å²) in [5, 5.41) is 8.22. The molecule has 3 N–H and O–H groups in total. The number of carboxylic acids is 1. The Morgan fingerprint density at radius 2 is 2.30 bits per heavy atom. The molecule has 0 saturated heterocycles. The van der Waals surface area contributed by atoms with Gasteiger partial charge in [-0.1, -0.05) is 0 Å². The first kappa shape index (κ1) is 12.3. The van der Waals surface area contributed by atoms with E-state index in [1.807, 2.05) is 0 Å². The van der Waals surface area contributed by atoms with Crippen molar-refractivity contribution in [2.24, 2.45) is 5.90 Å². The Kier molecular flexibility index (Phi) is 8.33. The minimum atomic E-state index is -1.13. The fraction of sp³-hybridized carbons (Fsp3) is 0.750. The van der Waals surface area contributed by atoms with E-state index < -0.39 is 12.1 Å². The van der Waals surface area contributed by atoms with Gasteiger partial charge in [0.2, 0.25) is 0 Å². The van der Waals surface area contributed by atoms with Gasteiger partial charge in [-0.25, -0.2) is 10.7 Å². The summed E-state index contributed by atoms with van der Waals surface area (Å²) in [6.45, 7) is -0.0359. The maximum atomic E-state index is 10.0. The second-order valence-electron chi connectivity index (χ2n) is 1.42. The van der Waals surface area contributed by atoms with Crippen LogP contribution in [0, 0.1) is 0 Å². The number of rotatable bonds is 4. The van der Waals surface area contributed by atoms with Gasteiger partial charge in [-0.2, -0.15) is 0 Å². The maximum absolute atomic E-state index is 10.0. The molecule has 1 atom stereocenters. The highest BCUT2D eigenvalue weighted by atomic mass is 35.5. The van der Waals surface area contributed by atoms with E-state index in [0.717, 1.165) is 0 Å². The molecule has 0 amide bonds. The van der Waals surface area contributed by atoms with Gasteiger partial charge in [0, 0.05) is 7.11 Å². The van der Waals surface area contributed by atoms with Gasteiger partial charge in [0.1, 0.15) is 0 Å². The van der Waals surface area contributed by atoms with Gasteiger partial charge < -0.3 is 9.84 Å². The van der Waals surface area contributed by atoms with Crippen molar-refractivity contribution < 1.29 is 19.5 Å². The lowest BCUT2D eigenvalue weighted by molar-refractivity contribution is -0.154. The molecule has 0 rings (SSSR count). The standard InChI is InChI=1S/C4H9NO4.ClH/c1-8-2-3(9-5)4(6)7;/h3H,2,5H2,1H3,(H,6,7);1H. The van der Waals surface area contributed by atoms with Crippen LogP contribution < -0.4 is 5.90 Å². The van der Waals surface area contributed by atoms with Crippen LogP contribution in [0.4, 0.5) is 0 Å². The summed E-state index contributed by atoms with van der Waals surface area (Å²) in [5.74, 6) is 3.47. The van der Waals surface area contributed by atoms with Gasteiger partial charge in [0.25, 0.3) is 0 Å². The predicted octanol–water partition coefficient (Wildman–Crippen LogP) is -0.602. The fourth-order valence-electron chi connectivity index (χ4n) is 0.320. The third-order valence-corrected chi connectivity index (χ3v) is 0.758. The van der Waals surface area contributed by atoms with Crippen LogP contribution in [0.25, 0.3) is 0 Å². The van der Waals surface area contributed by atoms with Crippen LogP contribution in [-0.4, -0.2) is 30.9 Å². The first-order chi connectivity index (χ1) is 4.22. The van der Waals surface area contributed by atoms with Gasteiger partial charge in [-0.05, 0) is 0 Å². The normalized spacial score (nSPS) is 11.8. The molecule has 0 radical (unpaired) electrons. The number of nitrogens with two attached hydrogens (primary N) is 1. The molecule has 62 valence electrons. The summed E-state index contributed by atoms with van der Waals surface area (Å²) >= 11 is 0. The quantitative estimate of drug-likeness (QED) is 0.552. The number of methoxy groups -OCH3 is 1. The Morgan fingerprint density at radius 3 is 2.40 bits per heavy atom. The lowest BCUT2D eigenvalue weighted by Crippen LogP contribution is -2.31. The molecule has 1 unspecified atom stereocenters. The van der Waals surface area contributed by atoms with E-state index >= 15 is 0 Å². The zero-order valence-electron chi connectivity index (χ0n) is 5.44. The SMILES string of the molecule is COCC(ON)C(=O)O.Cl. The third kappa shape index (κ3) is 4.51. The van der Waals surface area contributed by atoms with Crippen molar-refractivity contribution in [3.63, 3.8) is 0 Å². The molecule has 0 heterocycles. The lowest BCUT2D eigenvalue weighted by atomic mass is 10.4. The van der Waals surface area contributed by atoms with Crippen LogP contribution in [0.5, 0.6) is 0 Å². The number of halogens is 1. The average molecular weight is 172 g/mol. The first-order valence-electron chi connectivity index (χ1n) is 2.29. The molecule has 0 fully saturated rings. The average Bonchev–Trinajstić information content (AvgIpc) is 1.82. The summed E-state index contributed by atoms with van der Waals surface area (Å²) in [6.07, 6.45) is -1.06. The van der Waals surface area contributed by atoms with Gasteiger partial charge in [-0.15, -0.1) is 12.4 Å². The van der Waals surface area contributed by atoms with Gasteiger partial charge in [0.05, 0.1) is 6.61 Å². The van der Waals surface area contributed by atoms with E-state index in [0.29, 0.717) is 0 Å². The van der Waals surface area contributed by atoms with Gasteiger partial charge in [0.15, 0.2) is 6.10 Å². The Labute approximate surface area is 64.5 Å². The summed E-state index contributed by atoms with van der Waals surface area (Å²) in [5.41, 5.74) is 0. The Balaban J connectivity index is 0. The van der Waals surface area contributed by atoms with Crippen LogP contribution >= 0.6 is 12.4 Å². The largest absolute Gasteiger partial charge is 0.479 e. The molecular formula is C4H10ClNO4. The molecule has 0 aliphatic carbocycles. The first-order valence-corrected chi connectivity index (χ1v) is 2.29. The van der Waals surface area contributed by atoms with Crippen LogP contribution in [0.15, 0.2) is 0 Å². The topological polar surface area (TPSA) is 81.8 Å². The van der Waals surface area contributed by atoms with Crippen molar-refractivity contribution in [3.05, 3.63) is 0 Å². The van der Waals surface area contributed by atoms with Crippen molar-refractivity contribution >= 4 is 18.4 Å². The van der Waals surface area contributed by atoms with Crippen molar-refractivity contribution in [2.75, 3.05) is 13.7 Å². The molecule has 5 nitrogen and oxygen atoms in total. The Morgan fingerprint density at radius 1 is 1.80 bits per heavy atom. The monoisotopic (exact) mass is 171 g/mol. The van der Waals surface area contributed by atoms with Gasteiger partial charge >= 0.3 is 5.97 Å². The zero-order chi connectivity index (χ0) is 7.28.